The molecular formula is C21H21N3O3S. The largest absolute Gasteiger partial charge is 0.490 e. The lowest BCUT2D eigenvalue weighted by molar-refractivity contribution is 0.0746. The van der Waals surface area contributed by atoms with Crippen molar-refractivity contribution >= 4 is 33.3 Å². The van der Waals surface area contributed by atoms with Gasteiger partial charge in [-0.2, -0.15) is 4.37 Å². The van der Waals surface area contributed by atoms with E-state index in [-0.39, 0.29) is 5.91 Å². The van der Waals surface area contributed by atoms with Crippen LogP contribution in [0.1, 0.15) is 16.8 Å². The van der Waals surface area contributed by atoms with Gasteiger partial charge in [-0.05, 0) is 41.9 Å². The number of rotatable bonds is 2. The van der Waals surface area contributed by atoms with Gasteiger partial charge in [-0.25, -0.2) is 0 Å². The van der Waals surface area contributed by atoms with Gasteiger partial charge in [0.1, 0.15) is 5.82 Å². The first kappa shape index (κ1) is 17.3. The summed E-state index contributed by atoms with van der Waals surface area (Å²) in [6.07, 6.45) is 0.852. The van der Waals surface area contributed by atoms with Gasteiger partial charge in [-0.15, -0.1) is 0 Å². The number of ether oxygens (including phenoxy) is 2. The third-order valence-electron chi connectivity index (χ3n) is 5.22. The molecule has 0 radical (unpaired) electrons. The maximum atomic E-state index is 13.0. The summed E-state index contributed by atoms with van der Waals surface area (Å²) >= 11 is 1.53. The van der Waals surface area contributed by atoms with Crippen molar-refractivity contribution in [2.75, 3.05) is 44.3 Å². The number of piperazine rings is 1. The van der Waals surface area contributed by atoms with Crippen LogP contribution in [-0.4, -0.2) is 54.6 Å². The van der Waals surface area contributed by atoms with Gasteiger partial charge in [0.15, 0.2) is 11.5 Å². The van der Waals surface area contributed by atoms with Gasteiger partial charge in [0.2, 0.25) is 0 Å². The number of anilines is 1. The number of aromatic nitrogens is 1. The number of amides is 1. The molecule has 0 aliphatic carbocycles. The summed E-state index contributed by atoms with van der Waals surface area (Å²) in [6.45, 7) is 4.19. The third kappa shape index (κ3) is 3.16. The number of carbonyl (C=O) groups is 1. The van der Waals surface area contributed by atoms with Gasteiger partial charge in [-0.1, -0.05) is 12.1 Å². The van der Waals surface area contributed by atoms with Crippen molar-refractivity contribution in [3.8, 4) is 11.5 Å². The van der Waals surface area contributed by atoms with Crippen molar-refractivity contribution in [1.82, 2.24) is 9.27 Å². The maximum absolute atomic E-state index is 13.0. The van der Waals surface area contributed by atoms with Crippen molar-refractivity contribution in [2.24, 2.45) is 0 Å². The van der Waals surface area contributed by atoms with Crippen LogP contribution < -0.4 is 14.4 Å². The zero-order chi connectivity index (χ0) is 18.9. The molecular weight excluding hydrogens is 374 g/mol. The Bertz CT molecular complexity index is 1010. The first-order chi connectivity index (χ1) is 13.8. The minimum atomic E-state index is 0.0402. The molecule has 1 saturated heterocycles. The Morgan fingerprint density at radius 2 is 1.75 bits per heavy atom. The molecule has 6 nitrogen and oxygen atoms in total. The van der Waals surface area contributed by atoms with Gasteiger partial charge in [0.05, 0.1) is 17.9 Å². The quantitative estimate of drug-likeness (QED) is 0.666. The van der Waals surface area contributed by atoms with E-state index in [0.29, 0.717) is 43.4 Å². The Morgan fingerprint density at radius 3 is 2.61 bits per heavy atom. The number of hydrogen-bond acceptors (Lipinski definition) is 6. The lowest BCUT2D eigenvalue weighted by atomic mass is 10.1. The van der Waals surface area contributed by atoms with Gasteiger partial charge >= 0.3 is 0 Å². The van der Waals surface area contributed by atoms with Crippen LogP contribution in [-0.2, 0) is 0 Å². The lowest BCUT2D eigenvalue weighted by Gasteiger charge is -2.35. The van der Waals surface area contributed by atoms with Gasteiger partial charge in [0, 0.05) is 43.5 Å². The third-order valence-corrected chi connectivity index (χ3v) is 6.04. The fourth-order valence-electron chi connectivity index (χ4n) is 3.70. The molecule has 2 aliphatic heterocycles. The molecule has 3 aromatic rings. The van der Waals surface area contributed by atoms with E-state index in [1.54, 1.807) is 0 Å². The summed E-state index contributed by atoms with van der Waals surface area (Å²) < 4.78 is 17.2. The fraction of sp³-hybridized carbons (Fsp3) is 0.333. The molecule has 0 spiro atoms. The average molecular weight is 395 g/mol. The van der Waals surface area contributed by atoms with E-state index in [1.165, 1.54) is 21.6 Å². The highest BCUT2D eigenvalue weighted by Gasteiger charge is 2.25. The van der Waals surface area contributed by atoms with E-state index in [2.05, 4.69) is 21.4 Å². The summed E-state index contributed by atoms with van der Waals surface area (Å²) in [5, 5.41) is 1.19. The minimum absolute atomic E-state index is 0.0402. The van der Waals surface area contributed by atoms with Crippen LogP contribution in [0.25, 0.3) is 10.1 Å². The molecule has 1 amide bonds. The number of hydrogen-bond donors (Lipinski definition) is 0. The summed E-state index contributed by atoms with van der Waals surface area (Å²) in [6, 6.07) is 13.8. The van der Waals surface area contributed by atoms with Crippen LogP contribution >= 0.6 is 11.5 Å². The predicted molar refractivity (Wildman–Crippen MR) is 110 cm³/mol. The normalized spacial score (nSPS) is 16.9. The standard InChI is InChI=1S/C21H21N3O3S/c25-21(15-6-7-17-18(14-15)27-13-3-12-26-17)24-10-8-23(9-11-24)20-16-4-1-2-5-19(16)28-22-20/h1-2,4-7,14H,3,8-13H2. The predicted octanol–water partition coefficient (Wildman–Crippen LogP) is 3.42. The Labute approximate surface area is 167 Å². The van der Waals surface area contributed by atoms with Crippen LogP contribution in [0.3, 0.4) is 0 Å². The number of fused-ring (bicyclic) bond motifs is 2. The van der Waals surface area contributed by atoms with Crippen molar-refractivity contribution in [2.45, 2.75) is 6.42 Å². The molecule has 0 bridgehead atoms. The van der Waals surface area contributed by atoms with E-state index < -0.39 is 0 Å². The summed E-state index contributed by atoms with van der Waals surface area (Å²) in [7, 11) is 0. The zero-order valence-corrected chi connectivity index (χ0v) is 16.3. The maximum Gasteiger partial charge on any atom is 0.254 e. The molecule has 7 heteroatoms. The van der Waals surface area contributed by atoms with Crippen molar-refractivity contribution < 1.29 is 14.3 Å². The molecule has 1 aromatic heterocycles. The molecule has 28 heavy (non-hydrogen) atoms. The van der Waals surface area contributed by atoms with E-state index in [1.807, 2.05) is 35.2 Å². The fourth-order valence-corrected chi connectivity index (χ4v) is 4.50. The molecule has 5 rings (SSSR count). The topological polar surface area (TPSA) is 54.9 Å². The first-order valence-corrected chi connectivity index (χ1v) is 10.4. The van der Waals surface area contributed by atoms with Gasteiger partial charge in [0.25, 0.3) is 5.91 Å². The van der Waals surface area contributed by atoms with Gasteiger partial charge < -0.3 is 19.3 Å². The first-order valence-electron chi connectivity index (χ1n) is 9.58. The molecule has 0 atom stereocenters. The van der Waals surface area contributed by atoms with E-state index >= 15 is 0 Å². The summed E-state index contributed by atoms with van der Waals surface area (Å²) in [5.41, 5.74) is 0.650. The highest BCUT2D eigenvalue weighted by Crippen LogP contribution is 2.32. The Morgan fingerprint density at radius 1 is 0.964 bits per heavy atom. The van der Waals surface area contributed by atoms with E-state index in [9.17, 15) is 4.79 Å². The number of benzene rings is 2. The number of nitrogens with zero attached hydrogens (tertiary/aromatic N) is 3. The molecule has 1 fully saturated rings. The second-order valence-corrected chi connectivity index (χ2v) is 7.80. The highest BCUT2D eigenvalue weighted by atomic mass is 32.1. The van der Waals surface area contributed by atoms with E-state index in [4.69, 9.17) is 9.47 Å². The van der Waals surface area contributed by atoms with Gasteiger partial charge in [-0.3, -0.25) is 4.79 Å². The molecule has 144 valence electrons. The molecule has 2 aliphatic rings. The van der Waals surface area contributed by atoms with E-state index in [0.717, 1.165) is 25.3 Å². The Kier molecular flexibility index (Phi) is 4.52. The van der Waals surface area contributed by atoms with Crippen LogP contribution in [0.2, 0.25) is 0 Å². The van der Waals surface area contributed by atoms with Crippen molar-refractivity contribution in [1.29, 1.82) is 0 Å². The molecule has 3 heterocycles. The summed E-state index contributed by atoms with van der Waals surface area (Å²) in [5.74, 6) is 2.45. The van der Waals surface area contributed by atoms with Crippen molar-refractivity contribution in [3.05, 3.63) is 48.0 Å². The summed E-state index contributed by atoms with van der Waals surface area (Å²) in [4.78, 5) is 17.2. The molecule has 0 N–H and O–H groups in total. The monoisotopic (exact) mass is 395 g/mol. The zero-order valence-electron chi connectivity index (χ0n) is 15.5. The Balaban J connectivity index is 1.29. The Hall–Kier alpha value is -2.80. The second kappa shape index (κ2) is 7.31. The smallest absolute Gasteiger partial charge is 0.254 e. The van der Waals surface area contributed by atoms with Crippen LogP contribution in [0.4, 0.5) is 5.82 Å². The highest BCUT2D eigenvalue weighted by molar-refractivity contribution is 7.13. The molecule has 2 aromatic carbocycles. The van der Waals surface area contributed by atoms with Crippen molar-refractivity contribution in [3.63, 3.8) is 0 Å². The van der Waals surface area contributed by atoms with Crippen LogP contribution in [0, 0.1) is 0 Å². The SMILES string of the molecule is O=C(c1ccc2c(c1)OCCCO2)N1CCN(c2nsc3ccccc23)CC1. The number of carbonyl (C=O) groups excluding carboxylic acids is 1. The van der Waals surface area contributed by atoms with Crippen LogP contribution in [0.5, 0.6) is 11.5 Å². The molecule has 0 unspecified atom stereocenters. The average Bonchev–Trinajstić information content (AvgIpc) is 3.03. The lowest BCUT2D eigenvalue weighted by Crippen LogP contribution is -2.49. The molecule has 0 saturated carbocycles. The second-order valence-electron chi connectivity index (χ2n) is 6.99. The van der Waals surface area contributed by atoms with Crippen LogP contribution in [0.15, 0.2) is 42.5 Å². The minimum Gasteiger partial charge on any atom is -0.490 e.